The molecule has 0 atom stereocenters. The van der Waals surface area contributed by atoms with E-state index in [9.17, 15) is 8.42 Å². The minimum Gasteiger partial charge on any atom is -0.310 e. The van der Waals surface area contributed by atoms with Crippen LogP contribution in [0.2, 0.25) is 0 Å². The molecule has 0 fully saturated rings. The molecular weight excluding hydrogens is 394 g/mol. The van der Waals surface area contributed by atoms with Crippen molar-refractivity contribution in [3.63, 3.8) is 0 Å². The molecule has 2 rings (SSSR count). The summed E-state index contributed by atoms with van der Waals surface area (Å²) in [5, 5.41) is 3.28. The summed E-state index contributed by atoms with van der Waals surface area (Å²) < 4.78 is 27.9. The molecule has 0 amide bonds. The van der Waals surface area contributed by atoms with E-state index >= 15 is 0 Å². The van der Waals surface area contributed by atoms with Crippen molar-refractivity contribution in [3.05, 3.63) is 31.3 Å². The molecule has 21 heavy (non-hydrogen) atoms. The minimum atomic E-state index is -3.52. The molecule has 2 aromatic heterocycles. The molecule has 0 bridgehead atoms. The Labute approximate surface area is 141 Å². The van der Waals surface area contributed by atoms with Gasteiger partial charge >= 0.3 is 0 Å². The van der Waals surface area contributed by atoms with Crippen LogP contribution in [0.25, 0.3) is 0 Å². The van der Waals surface area contributed by atoms with Gasteiger partial charge in [0.2, 0.25) is 10.0 Å². The van der Waals surface area contributed by atoms with E-state index in [-0.39, 0.29) is 11.4 Å². The summed E-state index contributed by atoms with van der Waals surface area (Å²) in [6, 6.07) is 2.06. The largest absolute Gasteiger partial charge is 0.310 e. The van der Waals surface area contributed by atoms with Gasteiger partial charge in [0, 0.05) is 35.1 Å². The molecule has 0 spiro atoms. The molecule has 2 aromatic rings. The molecule has 0 saturated carbocycles. The van der Waals surface area contributed by atoms with Crippen LogP contribution in [0.1, 0.15) is 23.6 Å². The third-order valence-electron chi connectivity index (χ3n) is 2.60. The summed E-state index contributed by atoms with van der Waals surface area (Å²) in [7, 11) is -3.52. The zero-order valence-corrected chi connectivity index (χ0v) is 15.6. The van der Waals surface area contributed by atoms with Gasteiger partial charge in [-0.2, -0.15) is 0 Å². The third kappa shape index (κ3) is 4.83. The number of nitrogens with one attached hydrogen (secondary N) is 2. The maximum absolute atomic E-state index is 12.3. The number of thiazole rings is 1. The summed E-state index contributed by atoms with van der Waals surface area (Å²) in [6.07, 6.45) is 1.66. The van der Waals surface area contributed by atoms with E-state index in [1.165, 1.54) is 22.7 Å². The topological polar surface area (TPSA) is 71.1 Å². The van der Waals surface area contributed by atoms with E-state index in [1.54, 1.807) is 17.8 Å². The molecule has 0 radical (unpaired) electrons. The maximum Gasteiger partial charge on any atom is 0.242 e. The lowest BCUT2D eigenvalue weighted by Gasteiger charge is -2.05. The van der Waals surface area contributed by atoms with E-state index in [2.05, 4.69) is 44.8 Å². The number of rotatable bonds is 7. The quantitative estimate of drug-likeness (QED) is 0.737. The predicted molar refractivity (Wildman–Crippen MR) is 90.1 cm³/mol. The highest BCUT2D eigenvalue weighted by Crippen LogP contribution is 2.31. The Bertz CT molecular complexity index is 681. The van der Waals surface area contributed by atoms with Crippen LogP contribution in [-0.4, -0.2) is 19.4 Å². The summed E-state index contributed by atoms with van der Waals surface area (Å²) in [4.78, 5) is 6.08. The Kier molecular flexibility index (Phi) is 5.92. The van der Waals surface area contributed by atoms with Crippen molar-refractivity contribution < 1.29 is 8.42 Å². The van der Waals surface area contributed by atoms with Crippen molar-refractivity contribution in [2.75, 3.05) is 0 Å². The first-order valence-corrected chi connectivity index (χ1v) is 10.2. The van der Waals surface area contributed by atoms with Gasteiger partial charge in [-0.15, -0.1) is 22.7 Å². The SMILES string of the molecule is CC(C)NCc1cc(S(=O)(=O)NCc2cncs2)c(Br)s1. The van der Waals surface area contributed by atoms with Gasteiger partial charge in [-0.3, -0.25) is 4.98 Å². The van der Waals surface area contributed by atoms with E-state index < -0.39 is 10.0 Å². The first kappa shape index (κ1) is 17.0. The third-order valence-corrected chi connectivity index (χ3v) is 7.03. The van der Waals surface area contributed by atoms with Gasteiger partial charge in [0.15, 0.2) is 0 Å². The van der Waals surface area contributed by atoms with Crippen molar-refractivity contribution in [1.82, 2.24) is 15.0 Å². The average molecular weight is 410 g/mol. The lowest BCUT2D eigenvalue weighted by molar-refractivity contribution is 0.581. The van der Waals surface area contributed by atoms with Gasteiger partial charge in [0.1, 0.15) is 4.90 Å². The fourth-order valence-corrected chi connectivity index (χ4v) is 5.81. The lowest BCUT2D eigenvalue weighted by Crippen LogP contribution is -2.23. The number of hydrogen-bond acceptors (Lipinski definition) is 6. The van der Waals surface area contributed by atoms with Crippen LogP contribution in [0.4, 0.5) is 0 Å². The fourth-order valence-electron chi connectivity index (χ4n) is 1.55. The highest BCUT2D eigenvalue weighted by Gasteiger charge is 2.20. The number of sulfonamides is 1. The standard InChI is InChI=1S/C12H16BrN3O2S3/c1-8(2)15-5-9-3-11(12(13)20-9)21(17,18)16-6-10-4-14-7-19-10/h3-4,7-8,15-16H,5-6H2,1-2H3. The first-order chi connectivity index (χ1) is 9.88. The smallest absolute Gasteiger partial charge is 0.242 e. The summed E-state index contributed by atoms with van der Waals surface area (Å²) >= 11 is 6.19. The Balaban J connectivity index is 2.08. The number of halogens is 1. The summed E-state index contributed by atoms with van der Waals surface area (Å²) in [6.45, 7) is 5.02. The molecule has 0 aliphatic rings. The highest BCUT2D eigenvalue weighted by atomic mass is 79.9. The van der Waals surface area contributed by atoms with Crippen molar-refractivity contribution in [1.29, 1.82) is 0 Å². The molecule has 116 valence electrons. The second-order valence-electron chi connectivity index (χ2n) is 4.68. The fraction of sp³-hybridized carbons (Fsp3) is 0.417. The van der Waals surface area contributed by atoms with Gasteiger partial charge in [0.25, 0.3) is 0 Å². The average Bonchev–Trinajstić information content (AvgIpc) is 3.03. The van der Waals surface area contributed by atoms with Gasteiger partial charge < -0.3 is 5.32 Å². The van der Waals surface area contributed by atoms with Gasteiger partial charge in [-0.1, -0.05) is 13.8 Å². The zero-order valence-electron chi connectivity index (χ0n) is 11.6. The van der Waals surface area contributed by atoms with Crippen molar-refractivity contribution in [2.24, 2.45) is 0 Å². The van der Waals surface area contributed by atoms with E-state index in [1.807, 2.05) is 0 Å². The maximum atomic E-state index is 12.3. The normalized spacial score (nSPS) is 12.2. The monoisotopic (exact) mass is 409 g/mol. The van der Waals surface area contributed by atoms with Gasteiger partial charge in [-0.25, -0.2) is 13.1 Å². The van der Waals surface area contributed by atoms with Crippen LogP contribution < -0.4 is 10.0 Å². The van der Waals surface area contributed by atoms with Crippen LogP contribution in [0.5, 0.6) is 0 Å². The Hall–Kier alpha value is -0.320. The molecule has 0 aliphatic carbocycles. The van der Waals surface area contributed by atoms with Crippen LogP contribution >= 0.6 is 38.6 Å². The molecular formula is C12H16BrN3O2S3. The minimum absolute atomic E-state index is 0.259. The van der Waals surface area contributed by atoms with Crippen molar-refractivity contribution in [3.8, 4) is 0 Å². The Morgan fingerprint density at radius 1 is 1.33 bits per heavy atom. The second kappa shape index (κ2) is 7.30. The summed E-state index contributed by atoms with van der Waals surface area (Å²) in [5.74, 6) is 0. The van der Waals surface area contributed by atoms with E-state index in [0.29, 0.717) is 16.4 Å². The zero-order chi connectivity index (χ0) is 15.5. The number of aromatic nitrogens is 1. The van der Waals surface area contributed by atoms with Crippen LogP contribution in [0.3, 0.4) is 0 Å². The van der Waals surface area contributed by atoms with Crippen LogP contribution in [-0.2, 0) is 23.1 Å². The van der Waals surface area contributed by atoms with E-state index in [4.69, 9.17) is 0 Å². The molecule has 0 saturated heterocycles. The first-order valence-electron chi connectivity index (χ1n) is 6.27. The second-order valence-corrected chi connectivity index (χ2v) is 9.84. The van der Waals surface area contributed by atoms with Gasteiger partial charge in [-0.05, 0) is 22.0 Å². The molecule has 5 nitrogen and oxygen atoms in total. The van der Waals surface area contributed by atoms with Crippen molar-refractivity contribution >= 4 is 48.6 Å². The predicted octanol–water partition coefficient (Wildman–Crippen LogP) is 2.94. The number of hydrogen-bond donors (Lipinski definition) is 2. The molecule has 0 unspecified atom stereocenters. The Morgan fingerprint density at radius 3 is 2.71 bits per heavy atom. The van der Waals surface area contributed by atoms with Gasteiger partial charge in [0.05, 0.1) is 9.30 Å². The Morgan fingerprint density at radius 2 is 2.10 bits per heavy atom. The number of nitrogens with zero attached hydrogens (tertiary/aromatic N) is 1. The van der Waals surface area contributed by atoms with Crippen LogP contribution in [0.15, 0.2) is 26.5 Å². The number of thiophene rings is 1. The van der Waals surface area contributed by atoms with E-state index in [0.717, 1.165) is 9.75 Å². The molecule has 2 heterocycles. The summed E-state index contributed by atoms with van der Waals surface area (Å²) in [5.41, 5.74) is 1.68. The van der Waals surface area contributed by atoms with Crippen molar-refractivity contribution in [2.45, 2.75) is 37.9 Å². The molecule has 0 aromatic carbocycles. The van der Waals surface area contributed by atoms with Crippen LogP contribution in [0, 0.1) is 0 Å². The molecule has 2 N–H and O–H groups in total. The lowest BCUT2D eigenvalue weighted by atomic mass is 10.4. The molecule has 0 aliphatic heterocycles. The highest BCUT2D eigenvalue weighted by molar-refractivity contribution is 9.11. The molecule has 9 heteroatoms.